The maximum absolute atomic E-state index is 12.7. The Morgan fingerprint density at radius 3 is 2.45 bits per heavy atom. The standard InChI is InChI=1S/C25H30N2O2/c1-4-22(28)14-7-18-8-15-23-20(17-18)11-16-24(23)26-25(29)19-9-12-21(13-10-19)27(5-2)6-3/h7-10,12-15,17,24H,4-6,11,16H2,1-3H3,(H,26,29)/b14-7+. The van der Waals surface area contributed by atoms with Crippen molar-refractivity contribution >= 4 is 23.5 Å². The van der Waals surface area contributed by atoms with Crippen molar-refractivity contribution < 1.29 is 9.59 Å². The van der Waals surface area contributed by atoms with Gasteiger partial charge in [-0.25, -0.2) is 0 Å². The Labute approximate surface area is 173 Å². The zero-order chi connectivity index (χ0) is 20.8. The number of nitrogens with one attached hydrogen (secondary N) is 1. The molecular weight excluding hydrogens is 360 g/mol. The average molecular weight is 391 g/mol. The van der Waals surface area contributed by atoms with Crippen LogP contribution in [0.25, 0.3) is 6.08 Å². The molecule has 0 saturated heterocycles. The number of hydrogen-bond donors (Lipinski definition) is 1. The summed E-state index contributed by atoms with van der Waals surface area (Å²) in [6.45, 7) is 8.02. The Morgan fingerprint density at radius 2 is 1.79 bits per heavy atom. The van der Waals surface area contributed by atoms with Crippen LogP contribution in [0.1, 0.15) is 66.7 Å². The van der Waals surface area contributed by atoms with Crippen LogP contribution in [-0.4, -0.2) is 24.8 Å². The number of amides is 1. The predicted octanol–water partition coefficient (Wildman–Crippen LogP) is 4.94. The van der Waals surface area contributed by atoms with E-state index in [0.29, 0.717) is 12.0 Å². The SMILES string of the molecule is CCC(=O)/C=C/c1ccc2c(c1)CCC2NC(=O)c1ccc(N(CC)CC)cc1. The summed E-state index contributed by atoms with van der Waals surface area (Å²) in [7, 11) is 0. The number of hydrogen-bond acceptors (Lipinski definition) is 3. The van der Waals surface area contributed by atoms with Crippen LogP contribution in [0.4, 0.5) is 5.69 Å². The molecule has 0 fully saturated rings. The molecule has 1 atom stereocenters. The van der Waals surface area contributed by atoms with Crippen LogP contribution in [0, 0.1) is 0 Å². The normalized spacial score (nSPS) is 15.3. The summed E-state index contributed by atoms with van der Waals surface area (Å²) in [5, 5.41) is 3.18. The van der Waals surface area contributed by atoms with Gasteiger partial charge in [-0.15, -0.1) is 0 Å². The zero-order valence-corrected chi connectivity index (χ0v) is 17.6. The highest BCUT2D eigenvalue weighted by molar-refractivity contribution is 5.95. The van der Waals surface area contributed by atoms with Crippen molar-refractivity contribution in [2.45, 2.75) is 46.1 Å². The molecule has 0 radical (unpaired) electrons. The number of benzene rings is 2. The molecule has 0 spiro atoms. The van der Waals surface area contributed by atoms with E-state index in [1.807, 2.05) is 43.3 Å². The molecule has 0 aromatic heterocycles. The van der Waals surface area contributed by atoms with Crippen molar-refractivity contribution in [2.24, 2.45) is 0 Å². The highest BCUT2D eigenvalue weighted by Gasteiger charge is 2.24. The van der Waals surface area contributed by atoms with Gasteiger partial charge in [0.15, 0.2) is 5.78 Å². The molecule has 29 heavy (non-hydrogen) atoms. The lowest BCUT2D eigenvalue weighted by atomic mass is 10.0. The lowest BCUT2D eigenvalue weighted by Crippen LogP contribution is -2.27. The molecule has 0 heterocycles. The van der Waals surface area contributed by atoms with E-state index in [9.17, 15) is 9.59 Å². The Balaban J connectivity index is 1.67. The van der Waals surface area contributed by atoms with E-state index in [2.05, 4.69) is 36.2 Å². The number of anilines is 1. The van der Waals surface area contributed by atoms with Gasteiger partial charge in [0.05, 0.1) is 6.04 Å². The first-order valence-corrected chi connectivity index (χ1v) is 10.5. The molecule has 4 heteroatoms. The second-order valence-corrected chi connectivity index (χ2v) is 7.40. The molecule has 2 aromatic carbocycles. The number of carbonyl (C=O) groups excluding carboxylic acids is 2. The smallest absolute Gasteiger partial charge is 0.251 e. The van der Waals surface area contributed by atoms with E-state index >= 15 is 0 Å². The molecule has 1 amide bonds. The van der Waals surface area contributed by atoms with Gasteiger partial charge in [0.25, 0.3) is 5.91 Å². The fourth-order valence-electron chi connectivity index (χ4n) is 3.85. The molecule has 3 rings (SSSR count). The monoisotopic (exact) mass is 390 g/mol. The number of rotatable bonds is 8. The third kappa shape index (κ3) is 4.94. The lowest BCUT2D eigenvalue weighted by Gasteiger charge is -2.21. The van der Waals surface area contributed by atoms with Gasteiger partial charge in [0.1, 0.15) is 0 Å². The third-order valence-electron chi connectivity index (χ3n) is 5.62. The van der Waals surface area contributed by atoms with Gasteiger partial charge in [-0.1, -0.05) is 31.2 Å². The number of allylic oxidation sites excluding steroid dienone is 1. The number of nitrogens with zero attached hydrogens (tertiary/aromatic N) is 1. The maximum Gasteiger partial charge on any atom is 0.251 e. The maximum atomic E-state index is 12.7. The molecule has 1 unspecified atom stereocenters. The van der Waals surface area contributed by atoms with Crippen LogP contribution in [0.2, 0.25) is 0 Å². The van der Waals surface area contributed by atoms with Gasteiger partial charge in [-0.2, -0.15) is 0 Å². The number of aryl methyl sites for hydroxylation is 1. The van der Waals surface area contributed by atoms with Crippen LogP contribution >= 0.6 is 0 Å². The topological polar surface area (TPSA) is 49.4 Å². The summed E-state index contributed by atoms with van der Waals surface area (Å²) in [4.78, 5) is 26.5. The minimum atomic E-state index is -0.0357. The first-order chi connectivity index (χ1) is 14.0. The fraction of sp³-hybridized carbons (Fsp3) is 0.360. The van der Waals surface area contributed by atoms with Crippen LogP contribution < -0.4 is 10.2 Å². The summed E-state index contributed by atoms with van der Waals surface area (Å²) in [6.07, 6.45) is 5.86. The van der Waals surface area contributed by atoms with Crippen LogP contribution in [0.15, 0.2) is 48.5 Å². The first-order valence-electron chi connectivity index (χ1n) is 10.5. The van der Waals surface area contributed by atoms with Crippen molar-refractivity contribution in [3.63, 3.8) is 0 Å². The molecule has 1 N–H and O–H groups in total. The summed E-state index contributed by atoms with van der Waals surface area (Å²) < 4.78 is 0. The second kappa shape index (κ2) is 9.55. The molecule has 4 nitrogen and oxygen atoms in total. The van der Waals surface area contributed by atoms with E-state index in [1.165, 1.54) is 11.1 Å². The zero-order valence-electron chi connectivity index (χ0n) is 17.6. The largest absolute Gasteiger partial charge is 0.372 e. The minimum Gasteiger partial charge on any atom is -0.372 e. The highest BCUT2D eigenvalue weighted by Crippen LogP contribution is 2.32. The quantitative estimate of drug-likeness (QED) is 0.649. The molecule has 0 aliphatic heterocycles. The van der Waals surface area contributed by atoms with Crippen molar-refractivity contribution in [1.82, 2.24) is 5.32 Å². The lowest BCUT2D eigenvalue weighted by molar-refractivity contribution is -0.114. The van der Waals surface area contributed by atoms with E-state index in [1.54, 1.807) is 6.08 Å². The first kappa shape index (κ1) is 20.8. The third-order valence-corrected chi connectivity index (χ3v) is 5.62. The molecule has 2 aromatic rings. The molecule has 152 valence electrons. The Kier molecular flexibility index (Phi) is 6.86. The Bertz CT molecular complexity index is 896. The Morgan fingerprint density at radius 1 is 1.07 bits per heavy atom. The summed E-state index contributed by atoms with van der Waals surface area (Å²) in [5.41, 5.74) is 5.28. The second-order valence-electron chi connectivity index (χ2n) is 7.40. The summed E-state index contributed by atoms with van der Waals surface area (Å²) >= 11 is 0. The van der Waals surface area contributed by atoms with E-state index in [0.717, 1.165) is 37.2 Å². The predicted molar refractivity (Wildman–Crippen MR) is 119 cm³/mol. The minimum absolute atomic E-state index is 0.0357. The Hall–Kier alpha value is -2.88. The summed E-state index contributed by atoms with van der Waals surface area (Å²) in [5.74, 6) is 0.0918. The van der Waals surface area contributed by atoms with Crippen LogP contribution in [0.3, 0.4) is 0 Å². The van der Waals surface area contributed by atoms with Gasteiger partial charge < -0.3 is 10.2 Å². The van der Waals surface area contributed by atoms with Gasteiger partial charge >= 0.3 is 0 Å². The van der Waals surface area contributed by atoms with E-state index in [4.69, 9.17) is 0 Å². The van der Waals surface area contributed by atoms with Crippen LogP contribution in [-0.2, 0) is 11.2 Å². The van der Waals surface area contributed by atoms with Gasteiger partial charge in [-0.3, -0.25) is 9.59 Å². The van der Waals surface area contributed by atoms with Gasteiger partial charge in [0.2, 0.25) is 0 Å². The molecule has 0 bridgehead atoms. The van der Waals surface area contributed by atoms with Crippen LogP contribution in [0.5, 0.6) is 0 Å². The van der Waals surface area contributed by atoms with Crippen molar-refractivity contribution in [1.29, 1.82) is 0 Å². The molecular formula is C25H30N2O2. The molecule has 1 aliphatic rings. The van der Waals surface area contributed by atoms with Crippen molar-refractivity contribution in [3.05, 3.63) is 70.8 Å². The summed E-state index contributed by atoms with van der Waals surface area (Å²) in [6, 6.07) is 14.1. The molecule has 1 aliphatic carbocycles. The van der Waals surface area contributed by atoms with Crippen molar-refractivity contribution in [3.8, 4) is 0 Å². The van der Waals surface area contributed by atoms with E-state index in [-0.39, 0.29) is 17.7 Å². The molecule has 0 saturated carbocycles. The van der Waals surface area contributed by atoms with Gasteiger partial charge in [0, 0.05) is 30.8 Å². The van der Waals surface area contributed by atoms with Gasteiger partial charge in [-0.05, 0) is 73.7 Å². The highest BCUT2D eigenvalue weighted by atomic mass is 16.1. The van der Waals surface area contributed by atoms with Crippen molar-refractivity contribution in [2.75, 3.05) is 18.0 Å². The average Bonchev–Trinajstić information content (AvgIpc) is 3.15. The fourth-order valence-corrected chi connectivity index (χ4v) is 3.85. The number of carbonyl (C=O) groups is 2. The number of fused-ring (bicyclic) bond motifs is 1. The number of ketones is 1. The van der Waals surface area contributed by atoms with E-state index < -0.39 is 0 Å².